The molecule has 0 aliphatic heterocycles. The van der Waals surface area contributed by atoms with Crippen LogP contribution in [0.5, 0.6) is 0 Å². The lowest BCUT2D eigenvalue weighted by Gasteiger charge is -2.26. The van der Waals surface area contributed by atoms with Gasteiger partial charge in [-0.3, -0.25) is 4.99 Å². The van der Waals surface area contributed by atoms with E-state index in [0.29, 0.717) is 6.54 Å². The highest BCUT2D eigenvalue weighted by molar-refractivity contribution is 14.0. The van der Waals surface area contributed by atoms with E-state index < -0.39 is 0 Å². The van der Waals surface area contributed by atoms with Gasteiger partial charge in [0.25, 0.3) is 0 Å². The van der Waals surface area contributed by atoms with E-state index in [9.17, 15) is 4.39 Å². The number of ether oxygens (including phenoxy) is 1. The van der Waals surface area contributed by atoms with Gasteiger partial charge in [-0.15, -0.1) is 24.0 Å². The molecule has 2 N–H and O–H groups in total. The number of aliphatic imine (C=N–C) groups is 1. The van der Waals surface area contributed by atoms with Crippen molar-refractivity contribution in [2.75, 3.05) is 33.4 Å². The van der Waals surface area contributed by atoms with Gasteiger partial charge >= 0.3 is 0 Å². The van der Waals surface area contributed by atoms with Gasteiger partial charge in [0, 0.05) is 38.8 Å². The maximum absolute atomic E-state index is 13.4. The molecule has 138 valence electrons. The van der Waals surface area contributed by atoms with Gasteiger partial charge in [0.15, 0.2) is 5.96 Å². The summed E-state index contributed by atoms with van der Waals surface area (Å²) in [5.41, 5.74) is 0.784. The Balaban J connectivity index is 0.00000529. The van der Waals surface area contributed by atoms with Crippen molar-refractivity contribution in [1.82, 2.24) is 10.6 Å². The summed E-state index contributed by atoms with van der Waals surface area (Å²) in [7, 11) is 1.75. The van der Waals surface area contributed by atoms with Crippen LogP contribution in [0.25, 0.3) is 0 Å². The van der Waals surface area contributed by atoms with Crippen molar-refractivity contribution in [2.24, 2.45) is 4.99 Å². The normalized spacial score (nSPS) is 11.8. The highest BCUT2D eigenvalue weighted by atomic mass is 127. The molecule has 0 bridgehead atoms. The number of hydrogen-bond donors (Lipinski definition) is 2. The Labute approximate surface area is 162 Å². The molecular formula is C18H31FIN3O. The summed E-state index contributed by atoms with van der Waals surface area (Å²) in [4.78, 5) is 4.23. The predicted octanol–water partition coefficient (Wildman–Crippen LogP) is 3.70. The summed E-state index contributed by atoms with van der Waals surface area (Å²) in [6.07, 6.45) is 2.07. The lowest BCUT2D eigenvalue weighted by molar-refractivity contribution is 0.143. The standard InChI is InChI=1S/C18H30FN3O.HI/c1-5-23-12-7-6-11-21-17(20-4)22-14-18(2,3)15-9-8-10-16(19)13-15;/h8-10,13H,5-7,11-12,14H2,1-4H3,(H2,20,21,22);1H. The fraction of sp³-hybridized carbons (Fsp3) is 0.611. The summed E-state index contributed by atoms with van der Waals surface area (Å²) < 4.78 is 18.7. The number of hydrogen-bond acceptors (Lipinski definition) is 2. The third kappa shape index (κ3) is 8.82. The first-order valence-corrected chi connectivity index (χ1v) is 8.28. The van der Waals surface area contributed by atoms with Crippen molar-refractivity contribution in [3.8, 4) is 0 Å². The van der Waals surface area contributed by atoms with E-state index in [1.54, 1.807) is 19.2 Å². The molecule has 0 unspecified atom stereocenters. The molecule has 0 saturated heterocycles. The molecule has 0 aliphatic rings. The minimum Gasteiger partial charge on any atom is -0.382 e. The van der Waals surface area contributed by atoms with E-state index in [4.69, 9.17) is 4.74 Å². The number of rotatable bonds is 9. The molecule has 4 nitrogen and oxygen atoms in total. The van der Waals surface area contributed by atoms with Crippen molar-refractivity contribution < 1.29 is 9.13 Å². The predicted molar refractivity (Wildman–Crippen MR) is 110 cm³/mol. The summed E-state index contributed by atoms with van der Waals surface area (Å²) in [5, 5.41) is 6.61. The lowest BCUT2D eigenvalue weighted by atomic mass is 9.84. The van der Waals surface area contributed by atoms with Crippen LogP contribution in [0.2, 0.25) is 0 Å². The Kier molecular flexibility index (Phi) is 12.0. The molecule has 0 radical (unpaired) electrons. The highest BCUT2D eigenvalue weighted by Crippen LogP contribution is 2.22. The maximum Gasteiger partial charge on any atom is 0.191 e. The second kappa shape index (κ2) is 12.5. The van der Waals surface area contributed by atoms with Gasteiger partial charge in [-0.1, -0.05) is 26.0 Å². The second-order valence-corrected chi connectivity index (χ2v) is 6.15. The van der Waals surface area contributed by atoms with Gasteiger partial charge in [0.1, 0.15) is 5.82 Å². The van der Waals surface area contributed by atoms with E-state index in [0.717, 1.165) is 44.1 Å². The van der Waals surface area contributed by atoms with Crippen LogP contribution in [0.4, 0.5) is 4.39 Å². The van der Waals surface area contributed by atoms with E-state index >= 15 is 0 Å². The minimum absolute atomic E-state index is 0. The molecule has 0 fully saturated rings. The van der Waals surface area contributed by atoms with Crippen LogP contribution in [-0.2, 0) is 10.2 Å². The number of guanidine groups is 1. The topological polar surface area (TPSA) is 45.6 Å². The molecule has 0 heterocycles. The second-order valence-electron chi connectivity index (χ2n) is 6.15. The first-order valence-electron chi connectivity index (χ1n) is 8.28. The molecule has 1 rings (SSSR count). The molecule has 0 aliphatic carbocycles. The zero-order valence-corrected chi connectivity index (χ0v) is 17.5. The van der Waals surface area contributed by atoms with Gasteiger partial charge < -0.3 is 15.4 Å². The summed E-state index contributed by atoms with van der Waals surface area (Å²) in [6, 6.07) is 6.76. The lowest BCUT2D eigenvalue weighted by Crippen LogP contribution is -2.43. The number of halogens is 2. The maximum atomic E-state index is 13.4. The highest BCUT2D eigenvalue weighted by Gasteiger charge is 2.21. The molecule has 0 spiro atoms. The van der Waals surface area contributed by atoms with Gasteiger partial charge in [-0.2, -0.15) is 0 Å². The van der Waals surface area contributed by atoms with Gasteiger partial charge in [0.2, 0.25) is 0 Å². The Morgan fingerprint density at radius 2 is 2.00 bits per heavy atom. The first kappa shape index (κ1) is 23.1. The summed E-state index contributed by atoms with van der Waals surface area (Å²) in [6.45, 7) is 9.28. The van der Waals surface area contributed by atoms with Crippen LogP contribution in [0.3, 0.4) is 0 Å². The number of benzene rings is 1. The molecule has 0 atom stereocenters. The van der Waals surface area contributed by atoms with Crippen molar-refractivity contribution in [1.29, 1.82) is 0 Å². The zero-order valence-electron chi connectivity index (χ0n) is 15.2. The Hall–Kier alpha value is -0.890. The Bertz CT molecular complexity index is 495. The first-order chi connectivity index (χ1) is 11.0. The fourth-order valence-corrected chi connectivity index (χ4v) is 2.22. The van der Waals surface area contributed by atoms with E-state index in [1.807, 2.05) is 13.0 Å². The third-order valence-electron chi connectivity index (χ3n) is 3.74. The quantitative estimate of drug-likeness (QED) is 0.261. The number of unbranched alkanes of at least 4 members (excludes halogenated alkanes) is 1. The smallest absolute Gasteiger partial charge is 0.191 e. The summed E-state index contributed by atoms with van der Waals surface area (Å²) >= 11 is 0. The minimum atomic E-state index is -0.201. The molecule has 0 saturated carbocycles. The molecular weight excluding hydrogens is 420 g/mol. The molecule has 1 aromatic rings. The Morgan fingerprint density at radius 1 is 1.25 bits per heavy atom. The SMILES string of the molecule is CCOCCCCNC(=NC)NCC(C)(C)c1cccc(F)c1.I. The Morgan fingerprint density at radius 3 is 2.62 bits per heavy atom. The van der Waals surface area contributed by atoms with Crippen LogP contribution < -0.4 is 10.6 Å². The van der Waals surface area contributed by atoms with Crippen molar-refractivity contribution in [2.45, 2.75) is 39.0 Å². The van der Waals surface area contributed by atoms with Gasteiger partial charge in [0.05, 0.1) is 0 Å². The fourth-order valence-electron chi connectivity index (χ4n) is 2.22. The number of nitrogens with one attached hydrogen (secondary N) is 2. The zero-order chi connectivity index (χ0) is 17.1. The average Bonchev–Trinajstić information content (AvgIpc) is 2.53. The average molecular weight is 451 g/mol. The van der Waals surface area contributed by atoms with Crippen molar-refractivity contribution >= 4 is 29.9 Å². The van der Waals surface area contributed by atoms with E-state index in [1.165, 1.54) is 6.07 Å². The largest absolute Gasteiger partial charge is 0.382 e. The van der Waals surface area contributed by atoms with Crippen LogP contribution in [0.1, 0.15) is 39.2 Å². The van der Waals surface area contributed by atoms with Crippen LogP contribution in [-0.4, -0.2) is 39.3 Å². The molecule has 0 aromatic heterocycles. The molecule has 6 heteroatoms. The monoisotopic (exact) mass is 451 g/mol. The molecule has 1 aromatic carbocycles. The third-order valence-corrected chi connectivity index (χ3v) is 3.74. The van der Waals surface area contributed by atoms with Crippen LogP contribution >= 0.6 is 24.0 Å². The van der Waals surface area contributed by atoms with Crippen LogP contribution in [0, 0.1) is 5.82 Å². The van der Waals surface area contributed by atoms with Crippen molar-refractivity contribution in [3.05, 3.63) is 35.6 Å². The van der Waals surface area contributed by atoms with E-state index in [2.05, 4.69) is 29.5 Å². The van der Waals surface area contributed by atoms with Gasteiger partial charge in [-0.05, 0) is 37.5 Å². The number of nitrogens with zero attached hydrogens (tertiary/aromatic N) is 1. The van der Waals surface area contributed by atoms with E-state index in [-0.39, 0.29) is 35.2 Å². The van der Waals surface area contributed by atoms with Crippen molar-refractivity contribution in [3.63, 3.8) is 0 Å². The summed E-state index contributed by atoms with van der Waals surface area (Å²) in [5.74, 6) is 0.568. The molecule has 24 heavy (non-hydrogen) atoms. The van der Waals surface area contributed by atoms with Crippen LogP contribution in [0.15, 0.2) is 29.3 Å². The van der Waals surface area contributed by atoms with Gasteiger partial charge in [-0.25, -0.2) is 4.39 Å². The molecule has 0 amide bonds.